The molecule has 0 aromatic carbocycles. The van der Waals surface area contributed by atoms with Gasteiger partial charge < -0.3 is 10.2 Å². The molecule has 1 aromatic rings. The summed E-state index contributed by atoms with van der Waals surface area (Å²) >= 11 is 0. The van der Waals surface area contributed by atoms with Gasteiger partial charge in [-0.15, -0.1) is 24.8 Å². The Balaban J connectivity index is 0.00000144. The summed E-state index contributed by atoms with van der Waals surface area (Å²) in [6, 6.07) is 2.26. The number of nitrogens with one attached hydrogen (secondary N) is 1. The molecule has 1 aliphatic heterocycles. The molecule has 1 atom stereocenters. The Morgan fingerprint density at radius 3 is 2.78 bits per heavy atom. The summed E-state index contributed by atoms with van der Waals surface area (Å²) in [7, 11) is 0. The van der Waals surface area contributed by atoms with Crippen LogP contribution in [0.1, 0.15) is 22.8 Å². The topological polar surface area (TPSA) is 45.2 Å². The lowest BCUT2D eigenvalue weighted by atomic mass is 10.1. The first-order valence-corrected chi connectivity index (χ1v) is 5.61. The van der Waals surface area contributed by atoms with Crippen molar-refractivity contribution in [2.75, 3.05) is 19.6 Å². The molecule has 1 saturated heterocycles. The second kappa shape index (κ2) is 7.56. The molecule has 1 aromatic heterocycles. The van der Waals surface area contributed by atoms with Gasteiger partial charge in [-0.25, -0.2) is 0 Å². The van der Waals surface area contributed by atoms with E-state index in [2.05, 4.69) is 17.2 Å². The number of aryl methyl sites for hydroxylation is 1. The van der Waals surface area contributed by atoms with Gasteiger partial charge in [-0.3, -0.25) is 9.78 Å². The highest BCUT2D eigenvalue weighted by Crippen LogP contribution is 2.08. The molecule has 102 valence electrons. The number of aromatic nitrogens is 1. The summed E-state index contributed by atoms with van der Waals surface area (Å²) in [5.41, 5.74) is 1.71. The Bertz CT molecular complexity index is 401. The number of halogens is 2. The zero-order chi connectivity index (χ0) is 11.5. The molecule has 0 radical (unpaired) electrons. The minimum atomic E-state index is 0. The zero-order valence-electron chi connectivity index (χ0n) is 10.5. The second-order valence-electron chi connectivity index (χ2n) is 4.36. The van der Waals surface area contributed by atoms with Gasteiger partial charge in [-0.05, 0) is 25.5 Å². The minimum Gasteiger partial charge on any atom is -0.336 e. The summed E-state index contributed by atoms with van der Waals surface area (Å²) in [6.07, 6.45) is 3.40. The molecular formula is C12H19Cl2N3O. The van der Waals surface area contributed by atoms with Crippen LogP contribution in [0.2, 0.25) is 0 Å². The third kappa shape index (κ3) is 4.12. The van der Waals surface area contributed by atoms with E-state index in [1.807, 2.05) is 17.9 Å². The van der Waals surface area contributed by atoms with E-state index in [0.29, 0.717) is 11.6 Å². The molecule has 1 N–H and O–H groups in total. The summed E-state index contributed by atoms with van der Waals surface area (Å²) in [5.74, 6) is 0.0875. The smallest absolute Gasteiger partial charge is 0.255 e. The Labute approximate surface area is 120 Å². The van der Waals surface area contributed by atoms with Crippen LogP contribution in [0.4, 0.5) is 0 Å². The van der Waals surface area contributed by atoms with Crippen molar-refractivity contribution < 1.29 is 4.79 Å². The average Bonchev–Trinajstić information content (AvgIpc) is 2.28. The lowest BCUT2D eigenvalue weighted by molar-refractivity contribution is 0.0708. The van der Waals surface area contributed by atoms with Crippen LogP contribution in [0.5, 0.6) is 0 Å². The predicted molar refractivity (Wildman–Crippen MR) is 76.8 cm³/mol. The lowest BCUT2D eigenvalue weighted by Crippen LogP contribution is -2.51. The number of hydrogen-bond acceptors (Lipinski definition) is 3. The van der Waals surface area contributed by atoms with E-state index in [0.717, 1.165) is 25.2 Å². The maximum absolute atomic E-state index is 12.2. The number of pyridine rings is 1. The molecule has 0 bridgehead atoms. The molecular weight excluding hydrogens is 273 g/mol. The SMILES string of the molecule is Cc1cncc(C(=O)N2CCN[C@H](C)C2)c1.Cl.Cl. The van der Waals surface area contributed by atoms with Gasteiger partial charge in [0.05, 0.1) is 5.56 Å². The van der Waals surface area contributed by atoms with Crippen LogP contribution < -0.4 is 5.32 Å². The fourth-order valence-electron chi connectivity index (χ4n) is 1.97. The van der Waals surface area contributed by atoms with E-state index in [-0.39, 0.29) is 30.7 Å². The Hall–Kier alpha value is -0.840. The van der Waals surface area contributed by atoms with Crippen LogP contribution >= 0.6 is 24.8 Å². The molecule has 0 unspecified atom stereocenters. The van der Waals surface area contributed by atoms with Gasteiger partial charge in [0.2, 0.25) is 0 Å². The highest BCUT2D eigenvalue weighted by Gasteiger charge is 2.21. The van der Waals surface area contributed by atoms with Crippen LogP contribution in [0.15, 0.2) is 18.5 Å². The number of piperazine rings is 1. The standard InChI is InChI=1S/C12H17N3O.2ClH/c1-9-5-11(7-13-6-9)12(16)15-4-3-14-10(2)8-15;;/h5-7,10,14H,3-4,8H2,1-2H3;2*1H/t10-;;/m1../s1. The van der Waals surface area contributed by atoms with E-state index in [1.165, 1.54) is 0 Å². The van der Waals surface area contributed by atoms with Crippen molar-refractivity contribution in [2.45, 2.75) is 19.9 Å². The van der Waals surface area contributed by atoms with Gasteiger partial charge in [0, 0.05) is 38.1 Å². The number of carbonyl (C=O) groups excluding carboxylic acids is 1. The van der Waals surface area contributed by atoms with Crippen molar-refractivity contribution >= 4 is 30.7 Å². The first-order chi connectivity index (χ1) is 7.66. The lowest BCUT2D eigenvalue weighted by Gasteiger charge is -2.31. The van der Waals surface area contributed by atoms with Crippen LogP contribution in [0.25, 0.3) is 0 Å². The molecule has 1 fully saturated rings. The van der Waals surface area contributed by atoms with Crippen molar-refractivity contribution in [3.63, 3.8) is 0 Å². The highest BCUT2D eigenvalue weighted by atomic mass is 35.5. The number of carbonyl (C=O) groups is 1. The van der Waals surface area contributed by atoms with Crippen LogP contribution in [0.3, 0.4) is 0 Å². The summed E-state index contributed by atoms with van der Waals surface area (Å²) in [6.45, 7) is 6.45. The Morgan fingerprint density at radius 1 is 1.44 bits per heavy atom. The van der Waals surface area contributed by atoms with Crippen molar-refractivity contribution in [3.8, 4) is 0 Å². The summed E-state index contributed by atoms with van der Waals surface area (Å²) in [5, 5.41) is 3.32. The summed E-state index contributed by atoms with van der Waals surface area (Å²) in [4.78, 5) is 18.1. The van der Waals surface area contributed by atoms with Crippen LogP contribution in [0, 0.1) is 6.92 Å². The Kier molecular flexibility index (Phi) is 7.21. The third-order valence-corrected chi connectivity index (χ3v) is 2.78. The average molecular weight is 292 g/mol. The molecule has 4 nitrogen and oxygen atoms in total. The predicted octanol–water partition coefficient (Wildman–Crippen LogP) is 1.67. The molecule has 2 rings (SSSR count). The molecule has 1 aliphatic rings. The molecule has 2 heterocycles. The molecule has 0 spiro atoms. The van der Waals surface area contributed by atoms with E-state index >= 15 is 0 Å². The zero-order valence-corrected chi connectivity index (χ0v) is 12.2. The molecule has 1 amide bonds. The fourth-order valence-corrected chi connectivity index (χ4v) is 1.97. The van der Waals surface area contributed by atoms with Gasteiger partial charge >= 0.3 is 0 Å². The molecule has 0 aliphatic carbocycles. The minimum absolute atomic E-state index is 0. The van der Waals surface area contributed by atoms with Crippen LogP contribution in [-0.2, 0) is 0 Å². The molecule has 0 saturated carbocycles. The van der Waals surface area contributed by atoms with E-state index in [1.54, 1.807) is 12.4 Å². The van der Waals surface area contributed by atoms with Gasteiger partial charge in [0.1, 0.15) is 0 Å². The normalized spacial score (nSPS) is 18.6. The monoisotopic (exact) mass is 291 g/mol. The summed E-state index contributed by atoms with van der Waals surface area (Å²) < 4.78 is 0. The molecule has 6 heteroatoms. The van der Waals surface area contributed by atoms with Crippen molar-refractivity contribution in [2.24, 2.45) is 0 Å². The van der Waals surface area contributed by atoms with Gasteiger partial charge in [0.25, 0.3) is 5.91 Å². The third-order valence-electron chi connectivity index (χ3n) is 2.78. The van der Waals surface area contributed by atoms with E-state index in [9.17, 15) is 4.79 Å². The first kappa shape index (κ1) is 17.2. The Morgan fingerprint density at radius 2 is 2.17 bits per heavy atom. The quantitative estimate of drug-likeness (QED) is 0.856. The number of hydrogen-bond donors (Lipinski definition) is 1. The maximum Gasteiger partial charge on any atom is 0.255 e. The number of nitrogens with zero attached hydrogens (tertiary/aromatic N) is 2. The second-order valence-corrected chi connectivity index (χ2v) is 4.36. The van der Waals surface area contributed by atoms with Crippen LogP contribution in [-0.4, -0.2) is 41.5 Å². The van der Waals surface area contributed by atoms with E-state index in [4.69, 9.17) is 0 Å². The highest BCUT2D eigenvalue weighted by molar-refractivity contribution is 5.94. The van der Waals surface area contributed by atoms with E-state index < -0.39 is 0 Å². The van der Waals surface area contributed by atoms with Gasteiger partial charge in [-0.1, -0.05) is 0 Å². The van der Waals surface area contributed by atoms with Crippen molar-refractivity contribution in [1.29, 1.82) is 0 Å². The largest absolute Gasteiger partial charge is 0.336 e. The fraction of sp³-hybridized carbons (Fsp3) is 0.500. The van der Waals surface area contributed by atoms with Crippen molar-refractivity contribution in [3.05, 3.63) is 29.6 Å². The maximum atomic E-state index is 12.2. The van der Waals surface area contributed by atoms with Gasteiger partial charge in [-0.2, -0.15) is 0 Å². The first-order valence-electron chi connectivity index (χ1n) is 5.61. The van der Waals surface area contributed by atoms with Crippen molar-refractivity contribution in [1.82, 2.24) is 15.2 Å². The number of amides is 1. The molecule has 18 heavy (non-hydrogen) atoms. The number of rotatable bonds is 1. The van der Waals surface area contributed by atoms with Gasteiger partial charge in [0.15, 0.2) is 0 Å².